The molecule has 1 aromatic rings. The van der Waals surface area contributed by atoms with Crippen LogP contribution >= 0.6 is 0 Å². The minimum Gasteiger partial charge on any atom is -0.411 e. The van der Waals surface area contributed by atoms with Gasteiger partial charge < -0.3 is 5.21 Å². The van der Waals surface area contributed by atoms with E-state index in [1.165, 1.54) is 11.8 Å². The molecule has 0 radical (unpaired) electrons. The Hall–Kier alpha value is -1.31. The highest BCUT2D eigenvalue weighted by molar-refractivity contribution is 5.81. The van der Waals surface area contributed by atoms with E-state index in [9.17, 15) is 0 Å². The van der Waals surface area contributed by atoms with Crippen LogP contribution in [0, 0.1) is 13.8 Å². The number of rotatable bonds is 1. The van der Waals surface area contributed by atoms with Crippen LogP contribution in [-0.4, -0.2) is 11.4 Å². The molecule has 0 aromatic heterocycles. The van der Waals surface area contributed by atoms with Crippen LogP contribution in [0.3, 0.4) is 0 Å². The third kappa shape index (κ3) is 1.80. The van der Waals surface area contributed by atoms with Gasteiger partial charge in [-0.05, 0) is 25.0 Å². The SMILES string of the molecule is Cc1ccc(C)c(/C=N/O)c1. The second-order valence-corrected chi connectivity index (χ2v) is 2.60. The first kappa shape index (κ1) is 7.79. The summed E-state index contributed by atoms with van der Waals surface area (Å²) < 4.78 is 0. The zero-order valence-corrected chi connectivity index (χ0v) is 6.70. The van der Waals surface area contributed by atoms with Gasteiger partial charge in [0.1, 0.15) is 0 Å². The lowest BCUT2D eigenvalue weighted by molar-refractivity contribution is 0.322. The molecule has 0 saturated heterocycles. The molecular weight excluding hydrogens is 138 g/mol. The summed E-state index contributed by atoms with van der Waals surface area (Å²) in [5.41, 5.74) is 3.26. The Balaban J connectivity index is 3.12. The Morgan fingerprint density at radius 3 is 2.73 bits per heavy atom. The van der Waals surface area contributed by atoms with Crippen molar-refractivity contribution in [1.82, 2.24) is 0 Å². The monoisotopic (exact) mass is 149 g/mol. The van der Waals surface area contributed by atoms with Gasteiger partial charge in [0.05, 0.1) is 6.21 Å². The Labute approximate surface area is 66.2 Å². The van der Waals surface area contributed by atoms with E-state index in [2.05, 4.69) is 5.16 Å². The molecule has 2 heteroatoms. The maximum absolute atomic E-state index is 8.30. The molecule has 1 aromatic carbocycles. The molecule has 0 aliphatic rings. The molecule has 0 spiro atoms. The summed E-state index contributed by atoms with van der Waals surface area (Å²) in [5, 5.41) is 11.3. The summed E-state index contributed by atoms with van der Waals surface area (Å²) in [7, 11) is 0. The van der Waals surface area contributed by atoms with Crippen LogP contribution in [-0.2, 0) is 0 Å². The van der Waals surface area contributed by atoms with Crippen molar-refractivity contribution in [2.24, 2.45) is 5.16 Å². The fourth-order valence-corrected chi connectivity index (χ4v) is 0.961. The summed E-state index contributed by atoms with van der Waals surface area (Å²) in [4.78, 5) is 0. The highest BCUT2D eigenvalue weighted by Gasteiger charge is 1.93. The van der Waals surface area contributed by atoms with Crippen LogP contribution in [0.2, 0.25) is 0 Å². The van der Waals surface area contributed by atoms with E-state index in [1.807, 2.05) is 32.0 Å². The maximum atomic E-state index is 8.30. The Morgan fingerprint density at radius 1 is 1.36 bits per heavy atom. The van der Waals surface area contributed by atoms with Gasteiger partial charge in [-0.25, -0.2) is 0 Å². The lowest BCUT2D eigenvalue weighted by atomic mass is 10.1. The molecule has 11 heavy (non-hydrogen) atoms. The molecule has 0 bridgehead atoms. The van der Waals surface area contributed by atoms with E-state index in [0.29, 0.717) is 0 Å². The van der Waals surface area contributed by atoms with Gasteiger partial charge in [0.15, 0.2) is 0 Å². The molecule has 0 saturated carbocycles. The number of hydrogen-bond donors (Lipinski definition) is 1. The van der Waals surface area contributed by atoms with Gasteiger partial charge in [-0.3, -0.25) is 0 Å². The van der Waals surface area contributed by atoms with Crippen molar-refractivity contribution in [3.8, 4) is 0 Å². The lowest BCUT2D eigenvalue weighted by Gasteiger charge is -1.99. The zero-order chi connectivity index (χ0) is 8.27. The molecular formula is C9H11NO. The summed E-state index contributed by atoms with van der Waals surface area (Å²) in [5.74, 6) is 0. The normalized spacial score (nSPS) is 10.7. The van der Waals surface area contributed by atoms with Crippen LogP contribution in [0.5, 0.6) is 0 Å². The van der Waals surface area contributed by atoms with Gasteiger partial charge in [0.25, 0.3) is 0 Å². The van der Waals surface area contributed by atoms with Crippen molar-refractivity contribution < 1.29 is 5.21 Å². The minimum atomic E-state index is 0.965. The topological polar surface area (TPSA) is 32.6 Å². The highest BCUT2D eigenvalue weighted by atomic mass is 16.4. The van der Waals surface area contributed by atoms with Crippen LogP contribution in [0.15, 0.2) is 23.4 Å². The molecule has 0 fully saturated rings. The van der Waals surface area contributed by atoms with Crippen molar-refractivity contribution in [1.29, 1.82) is 0 Å². The number of hydrogen-bond acceptors (Lipinski definition) is 2. The summed E-state index contributed by atoms with van der Waals surface area (Å²) >= 11 is 0. The predicted molar refractivity (Wildman–Crippen MR) is 45.3 cm³/mol. The summed E-state index contributed by atoms with van der Waals surface area (Å²) in [6, 6.07) is 6.02. The van der Waals surface area contributed by atoms with E-state index in [4.69, 9.17) is 5.21 Å². The van der Waals surface area contributed by atoms with Crippen molar-refractivity contribution >= 4 is 6.21 Å². The fourth-order valence-electron chi connectivity index (χ4n) is 0.961. The number of benzene rings is 1. The smallest absolute Gasteiger partial charge is 0.0736 e. The van der Waals surface area contributed by atoms with Gasteiger partial charge in [-0.1, -0.05) is 28.9 Å². The largest absolute Gasteiger partial charge is 0.411 e. The van der Waals surface area contributed by atoms with Gasteiger partial charge >= 0.3 is 0 Å². The van der Waals surface area contributed by atoms with Gasteiger partial charge in [0.2, 0.25) is 0 Å². The van der Waals surface area contributed by atoms with E-state index in [-0.39, 0.29) is 0 Å². The Kier molecular flexibility index (Phi) is 2.26. The molecule has 1 N–H and O–H groups in total. The maximum Gasteiger partial charge on any atom is 0.0736 e. The van der Waals surface area contributed by atoms with Gasteiger partial charge in [-0.15, -0.1) is 0 Å². The Bertz CT molecular complexity index is 279. The lowest BCUT2D eigenvalue weighted by Crippen LogP contribution is -1.87. The second kappa shape index (κ2) is 3.19. The standard InChI is InChI=1S/C9H11NO/c1-7-3-4-8(2)9(5-7)6-10-11/h3-6,11H,1-2H3/b10-6+. The van der Waals surface area contributed by atoms with Crippen LogP contribution in [0.4, 0.5) is 0 Å². The molecule has 0 heterocycles. The first-order valence-corrected chi connectivity index (χ1v) is 3.48. The van der Waals surface area contributed by atoms with E-state index in [1.54, 1.807) is 0 Å². The molecule has 2 nitrogen and oxygen atoms in total. The summed E-state index contributed by atoms with van der Waals surface area (Å²) in [6.45, 7) is 3.99. The molecule has 58 valence electrons. The molecule has 0 aliphatic heterocycles. The molecule has 0 unspecified atom stereocenters. The van der Waals surface area contributed by atoms with Crippen molar-refractivity contribution in [2.75, 3.05) is 0 Å². The van der Waals surface area contributed by atoms with Crippen LogP contribution < -0.4 is 0 Å². The zero-order valence-electron chi connectivity index (χ0n) is 6.70. The van der Waals surface area contributed by atoms with E-state index < -0.39 is 0 Å². The van der Waals surface area contributed by atoms with Crippen LogP contribution in [0.1, 0.15) is 16.7 Å². The van der Waals surface area contributed by atoms with Gasteiger partial charge in [-0.2, -0.15) is 0 Å². The third-order valence-electron chi connectivity index (χ3n) is 1.63. The number of oxime groups is 1. The van der Waals surface area contributed by atoms with Crippen molar-refractivity contribution in [3.63, 3.8) is 0 Å². The van der Waals surface area contributed by atoms with Crippen molar-refractivity contribution in [2.45, 2.75) is 13.8 Å². The number of nitrogens with zero attached hydrogens (tertiary/aromatic N) is 1. The van der Waals surface area contributed by atoms with Crippen LogP contribution in [0.25, 0.3) is 0 Å². The van der Waals surface area contributed by atoms with E-state index in [0.717, 1.165) is 11.1 Å². The van der Waals surface area contributed by atoms with Gasteiger partial charge in [0, 0.05) is 0 Å². The Morgan fingerprint density at radius 2 is 2.09 bits per heavy atom. The first-order valence-electron chi connectivity index (χ1n) is 3.48. The highest BCUT2D eigenvalue weighted by Crippen LogP contribution is 2.07. The average Bonchev–Trinajstić information content (AvgIpc) is 1.98. The third-order valence-corrected chi connectivity index (χ3v) is 1.63. The van der Waals surface area contributed by atoms with E-state index >= 15 is 0 Å². The quantitative estimate of drug-likeness (QED) is 0.370. The second-order valence-electron chi connectivity index (χ2n) is 2.60. The fraction of sp³-hybridized carbons (Fsp3) is 0.222. The first-order chi connectivity index (χ1) is 5.24. The molecule has 0 atom stereocenters. The average molecular weight is 149 g/mol. The number of aryl methyl sites for hydroxylation is 2. The molecule has 0 amide bonds. The summed E-state index contributed by atoms with van der Waals surface area (Å²) in [6.07, 6.45) is 1.45. The molecule has 1 rings (SSSR count). The molecule has 0 aliphatic carbocycles. The minimum absolute atomic E-state index is 0.965. The van der Waals surface area contributed by atoms with Crippen molar-refractivity contribution in [3.05, 3.63) is 34.9 Å². The predicted octanol–water partition coefficient (Wildman–Crippen LogP) is 2.11.